The molecular weight excluding hydrogens is 348 g/mol. The number of aryl methyl sites for hydroxylation is 2. The standard InChI is InChI=1S/C24H22N2O2/c1-16-13-17(2)15-20(14-16)23(27)25-21-9-7-19(8-10-21)24(28)26-12-11-18-5-3-4-6-22(18)26/h3-10,13-15H,11-12H2,1-2H3,(H,25,27). The fourth-order valence-corrected chi connectivity index (χ4v) is 3.71. The first-order valence-electron chi connectivity index (χ1n) is 9.41. The molecule has 2 amide bonds. The van der Waals surface area contributed by atoms with Gasteiger partial charge in [-0.3, -0.25) is 9.59 Å². The van der Waals surface area contributed by atoms with Crippen LogP contribution in [0.5, 0.6) is 0 Å². The van der Waals surface area contributed by atoms with Gasteiger partial charge in [0.05, 0.1) is 0 Å². The molecule has 0 aliphatic carbocycles. The van der Waals surface area contributed by atoms with Crippen LogP contribution in [0.4, 0.5) is 11.4 Å². The third-order valence-electron chi connectivity index (χ3n) is 5.01. The molecule has 3 aromatic rings. The maximum atomic E-state index is 12.9. The van der Waals surface area contributed by atoms with E-state index in [4.69, 9.17) is 0 Å². The number of amides is 2. The molecule has 0 aromatic heterocycles. The first-order valence-corrected chi connectivity index (χ1v) is 9.41. The quantitative estimate of drug-likeness (QED) is 0.723. The number of hydrogen-bond acceptors (Lipinski definition) is 2. The zero-order chi connectivity index (χ0) is 19.7. The SMILES string of the molecule is Cc1cc(C)cc(C(=O)Nc2ccc(C(=O)N3CCc4ccccc43)cc2)c1. The van der Waals surface area contributed by atoms with E-state index < -0.39 is 0 Å². The molecule has 140 valence electrons. The minimum atomic E-state index is -0.153. The molecule has 3 aromatic carbocycles. The maximum absolute atomic E-state index is 12.9. The van der Waals surface area contributed by atoms with Crippen LogP contribution in [0, 0.1) is 13.8 Å². The van der Waals surface area contributed by atoms with Crippen molar-refractivity contribution in [2.45, 2.75) is 20.3 Å². The predicted molar refractivity (Wildman–Crippen MR) is 112 cm³/mol. The van der Waals surface area contributed by atoms with Gasteiger partial charge in [-0.2, -0.15) is 0 Å². The van der Waals surface area contributed by atoms with Gasteiger partial charge >= 0.3 is 0 Å². The summed E-state index contributed by atoms with van der Waals surface area (Å²) in [5.74, 6) is -0.170. The van der Waals surface area contributed by atoms with Crippen molar-refractivity contribution < 1.29 is 9.59 Å². The Labute approximate surface area is 164 Å². The van der Waals surface area contributed by atoms with Crippen LogP contribution in [0.25, 0.3) is 0 Å². The number of rotatable bonds is 3. The van der Waals surface area contributed by atoms with Crippen LogP contribution in [-0.4, -0.2) is 18.4 Å². The van der Waals surface area contributed by atoms with Crippen molar-refractivity contribution in [1.82, 2.24) is 0 Å². The van der Waals surface area contributed by atoms with E-state index >= 15 is 0 Å². The summed E-state index contributed by atoms with van der Waals surface area (Å²) in [6.07, 6.45) is 0.881. The summed E-state index contributed by atoms with van der Waals surface area (Å²) in [5, 5.41) is 2.90. The zero-order valence-corrected chi connectivity index (χ0v) is 16.0. The van der Waals surface area contributed by atoms with Crippen LogP contribution >= 0.6 is 0 Å². The van der Waals surface area contributed by atoms with Crippen molar-refractivity contribution in [3.63, 3.8) is 0 Å². The molecule has 1 N–H and O–H groups in total. The Balaban J connectivity index is 1.48. The average Bonchev–Trinajstić information content (AvgIpc) is 3.11. The lowest BCUT2D eigenvalue weighted by Gasteiger charge is -2.17. The number of carbonyl (C=O) groups excluding carboxylic acids is 2. The van der Waals surface area contributed by atoms with E-state index in [1.807, 2.05) is 55.1 Å². The van der Waals surface area contributed by atoms with Crippen molar-refractivity contribution in [3.05, 3.63) is 94.5 Å². The van der Waals surface area contributed by atoms with E-state index in [0.29, 0.717) is 23.4 Å². The first kappa shape index (κ1) is 18.0. The van der Waals surface area contributed by atoms with E-state index in [1.165, 1.54) is 5.56 Å². The van der Waals surface area contributed by atoms with Crippen LogP contribution in [0.3, 0.4) is 0 Å². The van der Waals surface area contributed by atoms with E-state index in [-0.39, 0.29) is 11.8 Å². The zero-order valence-electron chi connectivity index (χ0n) is 16.0. The van der Waals surface area contributed by atoms with Crippen molar-refractivity contribution >= 4 is 23.2 Å². The molecule has 0 fully saturated rings. The van der Waals surface area contributed by atoms with E-state index in [2.05, 4.69) is 11.4 Å². The molecule has 0 saturated heterocycles. The van der Waals surface area contributed by atoms with Crippen LogP contribution in [0.2, 0.25) is 0 Å². The molecule has 0 radical (unpaired) electrons. The number of nitrogens with zero attached hydrogens (tertiary/aromatic N) is 1. The summed E-state index contributed by atoms with van der Waals surface area (Å²) in [6, 6.07) is 20.8. The van der Waals surface area contributed by atoms with E-state index in [1.54, 1.807) is 24.3 Å². The molecule has 0 bridgehead atoms. The monoisotopic (exact) mass is 370 g/mol. The van der Waals surface area contributed by atoms with Crippen molar-refractivity contribution in [2.75, 3.05) is 16.8 Å². The van der Waals surface area contributed by atoms with Gasteiger partial charge in [0.2, 0.25) is 0 Å². The van der Waals surface area contributed by atoms with Crippen molar-refractivity contribution in [3.8, 4) is 0 Å². The van der Waals surface area contributed by atoms with Crippen LogP contribution in [-0.2, 0) is 6.42 Å². The molecular formula is C24H22N2O2. The van der Waals surface area contributed by atoms with Gasteiger partial charge in [-0.05, 0) is 68.3 Å². The average molecular weight is 370 g/mol. The second kappa shape index (κ2) is 7.31. The Kier molecular flexibility index (Phi) is 4.70. The normalized spacial score (nSPS) is 12.6. The van der Waals surface area contributed by atoms with Crippen LogP contribution < -0.4 is 10.2 Å². The molecule has 4 heteroatoms. The molecule has 0 spiro atoms. The lowest BCUT2D eigenvalue weighted by Crippen LogP contribution is -2.28. The largest absolute Gasteiger partial charge is 0.322 e. The van der Waals surface area contributed by atoms with Gasteiger partial charge in [-0.25, -0.2) is 0 Å². The summed E-state index contributed by atoms with van der Waals surface area (Å²) in [7, 11) is 0. The van der Waals surface area contributed by atoms with Crippen LogP contribution in [0.15, 0.2) is 66.7 Å². The fraction of sp³-hybridized carbons (Fsp3) is 0.167. The summed E-state index contributed by atoms with van der Waals surface area (Å²) >= 11 is 0. The fourth-order valence-electron chi connectivity index (χ4n) is 3.71. The highest BCUT2D eigenvalue weighted by Gasteiger charge is 2.25. The van der Waals surface area contributed by atoms with Gasteiger partial charge in [0.1, 0.15) is 0 Å². The molecule has 1 aliphatic heterocycles. The third-order valence-corrected chi connectivity index (χ3v) is 5.01. The lowest BCUT2D eigenvalue weighted by molar-refractivity contribution is 0.0988. The summed E-state index contributed by atoms with van der Waals surface area (Å²) in [4.78, 5) is 27.2. The minimum Gasteiger partial charge on any atom is -0.322 e. The van der Waals surface area contributed by atoms with Crippen molar-refractivity contribution in [1.29, 1.82) is 0 Å². The predicted octanol–water partition coefficient (Wildman–Crippen LogP) is 4.76. The number of benzene rings is 3. The Hall–Kier alpha value is -3.40. The number of nitrogens with one attached hydrogen (secondary N) is 1. The molecule has 4 nitrogen and oxygen atoms in total. The van der Waals surface area contributed by atoms with Gasteiger partial charge in [0.15, 0.2) is 0 Å². The van der Waals surface area contributed by atoms with Gasteiger partial charge in [-0.15, -0.1) is 0 Å². The van der Waals surface area contributed by atoms with Crippen molar-refractivity contribution in [2.24, 2.45) is 0 Å². The highest BCUT2D eigenvalue weighted by molar-refractivity contribution is 6.08. The number of carbonyl (C=O) groups is 2. The summed E-state index contributed by atoms with van der Waals surface area (Å²) in [6.45, 7) is 4.64. The lowest BCUT2D eigenvalue weighted by atomic mass is 10.1. The Morgan fingerprint density at radius 1 is 0.857 bits per heavy atom. The third kappa shape index (κ3) is 3.54. The van der Waals surface area contributed by atoms with Gasteiger partial charge < -0.3 is 10.2 Å². The summed E-state index contributed by atoms with van der Waals surface area (Å²) < 4.78 is 0. The number of para-hydroxylation sites is 1. The molecule has 0 atom stereocenters. The number of anilines is 2. The minimum absolute atomic E-state index is 0.0165. The number of fused-ring (bicyclic) bond motifs is 1. The molecule has 0 saturated carbocycles. The highest BCUT2D eigenvalue weighted by atomic mass is 16.2. The Morgan fingerprint density at radius 3 is 2.25 bits per heavy atom. The molecule has 0 unspecified atom stereocenters. The van der Waals surface area contributed by atoms with Gasteiger partial charge in [0.25, 0.3) is 11.8 Å². The Bertz CT molecular complexity index is 1030. The second-order valence-corrected chi connectivity index (χ2v) is 7.24. The van der Waals surface area contributed by atoms with Crippen LogP contribution in [0.1, 0.15) is 37.4 Å². The maximum Gasteiger partial charge on any atom is 0.258 e. The first-order chi connectivity index (χ1) is 13.5. The molecule has 4 rings (SSSR count). The highest BCUT2D eigenvalue weighted by Crippen LogP contribution is 2.29. The van der Waals surface area contributed by atoms with Gasteiger partial charge in [0, 0.05) is 29.0 Å². The summed E-state index contributed by atoms with van der Waals surface area (Å²) in [5.41, 5.74) is 6.21. The topological polar surface area (TPSA) is 49.4 Å². The Morgan fingerprint density at radius 2 is 1.54 bits per heavy atom. The molecule has 28 heavy (non-hydrogen) atoms. The molecule has 1 heterocycles. The van der Waals surface area contributed by atoms with E-state index in [9.17, 15) is 9.59 Å². The van der Waals surface area contributed by atoms with Gasteiger partial charge in [-0.1, -0.05) is 35.4 Å². The second-order valence-electron chi connectivity index (χ2n) is 7.24. The smallest absolute Gasteiger partial charge is 0.258 e. The van der Waals surface area contributed by atoms with E-state index in [0.717, 1.165) is 23.2 Å². The molecule has 1 aliphatic rings. The number of hydrogen-bond donors (Lipinski definition) is 1.